The van der Waals surface area contributed by atoms with Gasteiger partial charge in [-0.1, -0.05) is 24.3 Å². The average molecular weight is 440 g/mol. The van der Waals surface area contributed by atoms with Crippen molar-refractivity contribution in [2.45, 2.75) is 44.9 Å². The van der Waals surface area contributed by atoms with Gasteiger partial charge in [-0.2, -0.15) is 26.3 Å². The molecule has 2 rings (SSSR count). The maximum Gasteiger partial charge on any atom is 0.411 e. The van der Waals surface area contributed by atoms with E-state index in [-0.39, 0.29) is 25.7 Å². The molecule has 11 heteroatoms. The quantitative estimate of drug-likeness (QED) is 0.369. The minimum atomic E-state index is -4.37. The lowest BCUT2D eigenvalue weighted by molar-refractivity contribution is -0.176. The molecule has 5 nitrogen and oxygen atoms in total. The molecule has 1 aliphatic rings. The fourth-order valence-electron chi connectivity index (χ4n) is 3.13. The number of hydrogen-bond acceptors (Lipinski definition) is 3. The van der Waals surface area contributed by atoms with E-state index in [9.17, 15) is 26.3 Å². The number of benzene rings is 1. The first-order valence-electron chi connectivity index (χ1n) is 9.60. The molecule has 2 N–H and O–H groups in total. The summed E-state index contributed by atoms with van der Waals surface area (Å²) in [7, 11) is 0. The second-order valence-corrected chi connectivity index (χ2v) is 7.10. The van der Waals surface area contributed by atoms with Crippen molar-refractivity contribution in [1.29, 1.82) is 0 Å². The zero-order valence-corrected chi connectivity index (χ0v) is 16.6. The van der Waals surface area contributed by atoms with Crippen molar-refractivity contribution in [3.8, 4) is 0 Å². The SMILES string of the molecule is CCNC(=NCc1cccc(COCC(F)(F)F)c1)NC1CCN(CC(F)(F)F)C1. The van der Waals surface area contributed by atoms with Crippen LogP contribution in [0.5, 0.6) is 0 Å². The van der Waals surface area contributed by atoms with Crippen molar-refractivity contribution in [1.82, 2.24) is 15.5 Å². The number of halogens is 6. The van der Waals surface area contributed by atoms with Gasteiger partial charge in [0, 0.05) is 25.7 Å². The van der Waals surface area contributed by atoms with E-state index in [0.717, 1.165) is 5.56 Å². The molecule has 0 spiro atoms. The molecule has 1 unspecified atom stereocenters. The van der Waals surface area contributed by atoms with Gasteiger partial charge < -0.3 is 15.4 Å². The fraction of sp³-hybridized carbons (Fsp3) is 0.632. The summed E-state index contributed by atoms with van der Waals surface area (Å²) in [6.45, 7) is 0.954. The highest BCUT2D eigenvalue weighted by molar-refractivity contribution is 5.80. The Labute approximate surface area is 171 Å². The predicted molar refractivity (Wildman–Crippen MR) is 101 cm³/mol. The molecule has 0 amide bonds. The van der Waals surface area contributed by atoms with Crippen LogP contribution in [0.25, 0.3) is 0 Å². The highest BCUT2D eigenvalue weighted by Gasteiger charge is 2.34. The minimum absolute atomic E-state index is 0.146. The molecule has 1 atom stereocenters. The van der Waals surface area contributed by atoms with Crippen molar-refractivity contribution in [2.75, 3.05) is 32.8 Å². The van der Waals surface area contributed by atoms with Crippen LogP contribution in [0.2, 0.25) is 0 Å². The zero-order valence-electron chi connectivity index (χ0n) is 16.6. The minimum Gasteiger partial charge on any atom is -0.367 e. The van der Waals surface area contributed by atoms with Crippen LogP contribution in [-0.2, 0) is 17.9 Å². The molecule has 0 saturated carbocycles. The van der Waals surface area contributed by atoms with E-state index in [1.54, 1.807) is 24.3 Å². The molecule has 0 aliphatic carbocycles. The van der Waals surface area contributed by atoms with Crippen LogP contribution in [0.1, 0.15) is 24.5 Å². The molecule has 1 heterocycles. The van der Waals surface area contributed by atoms with Gasteiger partial charge in [-0.05, 0) is 24.5 Å². The molecular weight excluding hydrogens is 414 g/mol. The van der Waals surface area contributed by atoms with Gasteiger partial charge in [0.15, 0.2) is 5.96 Å². The number of nitrogens with one attached hydrogen (secondary N) is 2. The Balaban J connectivity index is 1.89. The summed E-state index contributed by atoms with van der Waals surface area (Å²) in [6.07, 6.45) is -8.01. The zero-order chi connectivity index (χ0) is 22.2. The molecule has 1 fully saturated rings. The van der Waals surface area contributed by atoms with Gasteiger partial charge in [0.1, 0.15) is 6.61 Å². The number of likely N-dealkylation sites (tertiary alicyclic amines) is 1. The second kappa shape index (κ2) is 10.9. The summed E-state index contributed by atoms with van der Waals surface area (Å²) in [5, 5.41) is 6.21. The van der Waals surface area contributed by atoms with E-state index >= 15 is 0 Å². The molecule has 170 valence electrons. The number of hydrogen-bond donors (Lipinski definition) is 2. The van der Waals surface area contributed by atoms with E-state index in [2.05, 4.69) is 20.4 Å². The normalized spacial score (nSPS) is 18.6. The Bertz CT molecular complexity index is 692. The van der Waals surface area contributed by atoms with E-state index < -0.39 is 25.5 Å². The van der Waals surface area contributed by atoms with Gasteiger partial charge in [0.25, 0.3) is 0 Å². The van der Waals surface area contributed by atoms with E-state index in [1.165, 1.54) is 4.90 Å². The first-order valence-corrected chi connectivity index (χ1v) is 9.60. The average Bonchev–Trinajstić information content (AvgIpc) is 3.04. The molecule has 1 aromatic rings. The van der Waals surface area contributed by atoms with Crippen LogP contribution in [0.15, 0.2) is 29.3 Å². The van der Waals surface area contributed by atoms with Crippen molar-refractivity contribution in [3.63, 3.8) is 0 Å². The Kier molecular flexibility index (Phi) is 8.78. The molecule has 0 aromatic heterocycles. The van der Waals surface area contributed by atoms with Crippen LogP contribution < -0.4 is 10.6 Å². The number of aliphatic imine (C=N–C) groups is 1. The van der Waals surface area contributed by atoms with Crippen molar-refractivity contribution in [2.24, 2.45) is 4.99 Å². The maximum absolute atomic E-state index is 12.5. The summed E-state index contributed by atoms with van der Waals surface area (Å²) in [4.78, 5) is 5.79. The number of alkyl halides is 6. The fourth-order valence-corrected chi connectivity index (χ4v) is 3.13. The van der Waals surface area contributed by atoms with Crippen LogP contribution >= 0.6 is 0 Å². The molecule has 1 aromatic carbocycles. The Morgan fingerprint density at radius 3 is 2.57 bits per heavy atom. The lowest BCUT2D eigenvalue weighted by Crippen LogP contribution is -2.45. The number of guanidine groups is 1. The number of ether oxygens (including phenoxy) is 1. The van der Waals surface area contributed by atoms with Crippen molar-refractivity contribution < 1.29 is 31.1 Å². The molecule has 1 saturated heterocycles. The van der Waals surface area contributed by atoms with Gasteiger partial charge in [-0.25, -0.2) is 4.99 Å². The molecule has 30 heavy (non-hydrogen) atoms. The first kappa shape index (κ1) is 24.3. The molecule has 0 bridgehead atoms. The van der Waals surface area contributed by atoms with E-state index in [0.29, 0.717) is 31.0 Å². The van der Waals surface area contributed by atoms with Gasteiger partial charge in [0.05, 0.1) is 19.7 Å². The van der Waals surface area contributed by atoms with Gasteiger partial charge >= 0.3 is 12.4 Å². The summed E-state index contributed by atoms with van der Waals surface area (Å²) < 4.78 is 78.8. The highest BCUT2D eigenvalue weighted by atomic mass is 19.4. The summed E-state index contributed by atoms with van der Waals surface area (Å²) in [6, 6.07) is 6.74. The summed E-state index contributed by atoms with van der Waals surface area (Å²) >= 11 is 0. The molecule has 0 radical (unpaired) electrons. The van der Waals surface area contributed by atoms with Crippen molar-refractivity contribution >= 4 is 5.96 Å². The van der Waals surface area contributed by atoms with Crippen LogP contribution in [0.4, 0.5) is 26.3 Å². The molecule has 1 aliphatic heterocycles. The highest BCUT2D eigenvalue weighted by Crippen LogP contribution is 2.20. The third kappa shape index (κ3) is 9.66. The predicted octanol–water partition coefficient (Wildman–Crippen LogP) is 3.46. The number of nitrogens with zero attached hydrogens (tertiary/aromatic N) is 2. The largest absolute Gasteiger partial charge is 0.411 e. The van der Waals surface area contributed by atoms with Gasteiger partial charge in [-0.3, -0.25) is 4.90 Å². The lowest BCUT2D eigenvalue weighted by atomic mass is 10.1. The second-order valence-electron chi connectivity index (χ2n) is 7.10. The summed E-state index contributed by atoms with van der Waals surface area (Å²) in [5.74, 6) is 0.482. The Morgan fingerprint density at radius 1 is 1.17 bits per heavy atom. The Hall–Kier alpha value is -2.01. The van der Waals surface area contributed by atoms with Gasteiger partial charge in [0.2, 0.25) is 0 Å². The van der Waals surface area contributed by atoms with Crippen LogP contribution in [-0.4, -0.2) is 62.0 Å². The van der Waals surface area contributed by atoms with E-state index in [1.807, 2.05) is 6.92 Å². The van der Waals surface area contributed by atoms with Crippen LogP contribution in [0.3, 0.4) is 0 Å². The number of rotatable bonds is 8. The lowest BCUT2D eigenvalue weighted by Gasteiger charge is -2.19. The van der Waals surface area contributed by atoms with Gasteiger partial charge in [-0.15, -0.1) is 0 Å². The standard InChI is InChI=1S/C19H26F6N4O/c1-2-26-17(28-16-6-7-29(10-16)12-18(20,21)22)27-9-14-4-3-5-15(8-14)11-30-13-19(23,24)25/h3-5,8,16H,2,6-7,9-13H2,1H3,(H2,26,27,28). The monoisotopic (exact) mass is 440 g/mol. The topological polar surface area (TPSA) is 48.9 Å². The first-order chi connectivity index (χ1) is 14.0. The summed E-state index contributed by atoms with van der Waals surface area (Å²) in [5.41, 5.74) is 1.38. The smallest absolute Gasteiger partial charge is 0.367 e. The van der Waals surface area contributed by atoms with Crippen molar-refractivity contribution in [3.05, 3.63) is 35.4 Å². The van der Waals surface area contributed by atoms with E-state index in [4.69, 9.17) is 0 Å². The van der Waals surface area contributed by atoms with Crippen LogP contribution in [0, 0.1) is 0 Å². The maximum atomic E-state index is 12.5. The third-order valence-electron chi connectivity index (χ3n) is 4.31. The third-order valence-corrected chi connectivity index (χ3v) is 4.31. The Morgan fingerprint density at radius 2 is 1.90 bits per heavy atom. The molecular formula is C19H26F6N4O.